The molecule has 0 unspecified atom stereocenters. The highest BCUT2D eigenvalue weighted by molar-refractivity contribution is 5.43. The topological polar surface area (TPSA) is 50.7 Å². The van der Waals surface area contributed by atoms with Gasteiger partial charge < -0.3 is 14.7 Å². The van der Waals surface area contributed by atoms with Crippen LogP contribution in [0.1, 0.15) is 11.1 Å². The molecule has 1 atom stereocenters. The van der Waals surface area contributed by atoms with Gasteiger partial charge >= 0.3 is 0 Å². The molecule has 0 saturated heterocycles. The van der Waals surface area contributed by atoms with Crippen LogP contribution >= 0.6 is 0 Å². The number of hydroxylamine groups is 1. The number of fused-ring (bicyclic) bond motifs is 1. The molecular weight excluding hydrogens is 242 g/mol. The predicted molar refractivity (Wildman–Crippen MR) is 70.3 cm³/mol. The van der Waals surface area contributed by atoms with E-state index in [2.05, 4.69) is 5.48 Å². The average molecular weight is 257 g/mol. The standard InChI is InChI=1S/C15H15NO3/c17-16-15-8-12-6-7-13(9-14(12)19-15)18-10-11-4-2-1-3-5-11/h1-7,9,15-17H,8,10H2/t15-/m0/s1. The van der Waals surface area contributed by atoms with Gasteiger partial charge in [0.15, 0.2) is 6.23 Å². The van der Waals surface area contributed by atoms with Crippen molar-refractivity contribution in [3.63, 3.8) is 0 Å². The lowest BCUT2D eigenvalue weighted by Crippen LogP contribution is -2.29. The van der Waals surface area contributed by atoms with E-state index < -0.39 is 0 Å². The molecule has 0 aliphatic carbocycles. The van der Waals surface area contributed by atoms with E-state index in [1.165, 1.54) is 0 Å². The Morgan fingerprint density at radius 3 is 2.84 bits per heavy atom. The van der Waals surface area contributed by atoms with Crippen molar-refractivity contribution >= 4 is 0 Å². The maximum absolute atomic E-state index is 8.85. The Hall–Kier alpha value is -2.04. The van der Waals surface area contributed by atoms with Gasteiger partial charge in [0.25, 0.3) is 0 Å². The first-order chi connectivity index (χ1) is 9.35. The fraction of sp³-hybridized carbons (Fsp3) is 0.200. The zero-order chi connectivity index (χ0) is 13.1. The summed E-state index contributed by atoms with van der Waals surface area (Å²) in [6.45, 7) is 0.529. The molecule has 4 nitrogen and oxygen atoms in total. The quantitative estimate of drug-likeness (QED) is 0.826. The monoisotopic (exact) mass is 257 g/mol. The molecule has 0 spiro atoms. The molecule has 1 aliphatic rings. The fourth-order valence-electron chi connectivity index (χ4n) is 2.11. The second-order valence-corrected chi connectivity index (χ2v) is 4.48. The average Bonchev–Trinajstić information content (AvgIpc) is 2.88. The largest absolute Gasteiger partial charge is 0.489 e. The first-order valence-corrected chi connectivity index (χ1v) is 6.21. The lowest BCUT2D eigenvalue weighted by Gasteiger charge is -2.09. The normalized spacial score (nSPS) is 16.8. The second-order valence-electron chi connectivity index (χ2n) is 4.48. The van der Waals surface area contributed by atoms with E-state index in [4.69, 9.17) is 14.7 Å². The van der Waals surface area contributed by atoms with Crippen LogP contribution in [0.15, 0.2) is 48.5 Å². The summed E-state index contributed by atoms with van der Waals surface area (Å²) >= 11 is 0. The Bertz CT molecular complexity index is 557. The molecule has 4 heteroatoms. The maximum Gasteiger partial charge on any atom is 0.175 e. The Morgan fingerprint density at radius 1 is 1.21 bits per heavy atom. The van der Waals surface area contributed by atoms with Crippen LogP contribution in [0.5, 0.6) is 11.5 Å². The third-order valence-electron chi connectivity index (χ3n) is 3.11. The molecule has 0 bridgehead atoms. The van der Waals surface area contributed by atoms with E-state index in [9.17, 15) is 0 Å². The van der Waals surface area contributed by atoms with Gasteiger partial charge in [-0.05, 0) is 17.2 Å². The number of hydrogen-bond acceptors (Lipinski definition) is 4. The van der Waals surface area contributed by atoms with Gasteiger partial charge in [-0.25, -0.2) is 0 Å². The maximum atomic E-state index is 8.85. The van der Waals surface area contributed by atoms with Crippen LogP contribution in [0.4, 0.5) is 0 Å². The molecule has 98 valence electrons. The lowest BCUT2D eigenvalue weighted by atomic mass is 10.1. The summed E-state index contributed by atoms with van der Waals surface area (Å²) in [4.78, 5) is 0. The van der Waals surface area contributed by atoms with Crippen molar-refractivity contribution in [1.29, 1.82) is 0 Å². The SMILES string of the molecule is ON[C@@H]1Cc2ccc(OCc3ccccc3)cc2O1. The van der Waals surface area contributed by atoms with Crippen molar-refractivity contribution in [2.75, 3.05) is 0 Å². The van der Waals surface area contributed by atoms with E-state index in [-0.39, 0.29) is 6.23 Å². The molecule has 0 amide bonds. The molecule has 0 aromatic heterocycles. The summed E-state index contributed by atoms with van der Waals surface area (Å²) in [6, 6.07) is 15.7. The van der Waals surface area contributed by atoms with Gasteiger partial charge in [-0.15, -0.1) is 0 Å². The van der Waals surface area contributed by atoms with Gasteiger partial charge in [0.1, 0.15) is 18.1 Å². The molecule has 0 radical (unpaired) electrons. The van der Waals surface area contributed by atoms with Crippen molar-refractivity contribution < 1.29 is 14.7 Å². The van der Waals surface area contributed by atoms with Crippen molar-refractivity contribution in [3.05, 3.63) is 59.7 Å². The number of hydrogen-bond donors (Lipinski definition) is 2. The molecule has 2 aromatic carbocycles. The molecule has 3 rings (SSSR count). The molecule has 1 aliphatic heterocycles. The zero-order valence-corrected chi connectivity index (χ0v) is 10.4. The number of benzene rings is 2. The smallest absolute Gasteiger partial charge is 0.175 e. The zero-order valence-electron chi connectivity index (χ0n) is 10.4. The predicted octanol–water partition coefficient (Wildman–Crippen LogP) is 2.51. The van der Waals surface area contributed by atoms with Gasteiger partial charge in [-0.1, -0.05) is 36.4 Å². The van der Waals surface area contributed by atoms with Crippen LogP contribution in [0, 0.1) is 0 Å². The van der Waals surface area contributed by atoms with E-state index in [1.807, 2.05) is 48.5 Å². The Balaban J connectivity index is 1.67. The highest BCUT2D eigenvalue weighted by Crippen LogP contribution is 2.31. The summed E-state index contributed by atoms with van der Waals surface area (Å²) in [6.07, 6.45) is 0.296. The summed E-state index contributed by atoms with van der Waals surface area (Å²) in [5.74, 6) is 1.53. The Labute approximate surface area is 111 Å². The summed E-state index contributed by atoms with van der Waals surface area (Å²) < 4.78 is 11.2. The van der Waals surface area contributed by atoms with Crippen LogP contribution in [-0.2, 0) is 13.0 Å². The third kappa shape index (κ3) is 2.70. The number of ether oxygens (including phenoxy) is 2. The minimum atomic E-state index is -0.362. The highest BCUT2D eigenvalue weighted by Gasteiger charge is 2.22. The van der Waals surface area contributed by atoms with Gasteiger partial charge in [-0.3, -0.25) is 0 Å². The Kier molecular flexibility index (Phi) is 3.35. The van der Waals surface area contributed by atoms with Crippen LogP contribution in [0.2, 0.25) is 0 Å². The molecular formula is C15H15NO3. The van der Waals surface area contributed by atoms with Crippen molar-refractivity contribution in [3.8, 4) is 11.5 Å². The van der Waals surface area contributed by atoms with Crippen LogP contribution in [-0.4, -0.2) is 11.4 Å². The molecule has 1 heterocycles. The summed E-state index contributed by atoms with van der Waals surface area (Å²) in [7, 11) is 0. The number of rotatable bonds is 4. The molecule has 2 N–H and O–H groups in total. The molecule has 0 saturated carbocycles. The van der Waals surface area contributed by atoms with Crippen molar-refractivity contribution in [1.82, 2.24) is 5.48 Å². The molecule has 19 heavy (non-hydrogen) atoms. The molecule has 0 fully saturated rings. The van der Waals surface area contributed by atoms with E-state index in [1.54, 1.807) is 0 Å². The number of nitrogens with one attached hydrogen (secondary N) is 1. The van der Waals surface area contributed by atoms with Crippen LogP contribution in [0.25, 0.3) is 0 Å². The van der Waals surface area contributed by atoms with Crippen molar-refractivity contribution in [2.24, 2.45) is 0 Å². The van der Waals surface area contributed by atoms with Gasteiger partial charge in [0.05, 0.1) is 0 Å². The first-order valence-electron chi connectivity index (χ1n) is 6.21. The van der Waals surface area contributed by atoms with Crippen LogP contribution in [0.3, 0.4) is 0 Å². The van der Waals surface area contributed by atoms with Crippen LogP contribution < -0.4 is 15.0 Å². The second kappa shape index (κ2) is 5.30. The summed E-state index contributed by atoms with van der Waals surface area (Å²) in [5, 5.41) is 8.85. The van der Waals surface area contributed by atoms with Gasteiger partial charge in [0, 0.05) is 12.5 Å². The first kappa shape index (κ1) is 12.0. The van der Waals surface area contributed by atoms with E-state index in [0.717, 1.165) is 22.6 Å². The third-order valence-corrected chi connectivity index (χ3v) is 3.11. The summed E-state index contributed by atoms with van der Waals surface area (Å²) in [5.41, 5.74) is 4.32. The van der Waals surface area contributed by atoms with Gasteiger partial charge in [0.2, 0.25) is 0 Å². The minimum absolute atomic E-state index is 0.362. The van der Waals surface area contributed by atoms with Crippen molar-refractivity contribution in [2.45, 2.75) is 19.3 Å². The van der Waals surface area contributed by atoms with E-state index >= 15 is 0 Å². The molecule has 2 aromatic rings. The highest BCUT2D eigenvalue weighted by atomic mass is 16.6. The Morgan fingerprint density at radius 2 is 2.05 bits per heavy atom. The fourth-order valence-corrected chi connectivity index (χ4v) is 2.11. The lowest BCUT2D eigenvalue weighted by molar-refractivity contribution is 0.0323. The minimum Gasteiger partial charge on any atom is -0.489 e. The van der Waals surface area contributed by atoms with Gasteiger partial charge in [-0.2, -0.15) is 5.48 Å². The van der Waals surface area contributed by atoms with E-state index in [0.29, 0.717) is 13.0 Å².